The predicted molar refractivity (Wildman–Crippen MR) is 52.0 cm³/mol. The number of aromatic nitrogens is 2. The number of nitrogens with zero attached hydrogens (tertiary/aromatic N) is 2. The van der Waals surface area contributed by atoms with Gasteiger partial charge in [-0.15, -0.1) is 0 Å². The third-order valence-corrected chi connectivity index (χ3v) is 1.91. The van der Waals surface area contributed by atoms with Gasteiger partial charge < -0.3 is 14.7 Å². The van der Waals surface area contributed by atoms with Crippen LogP contribution < -0.4 is 5.90 Å². The average Bonchev–Trinajstić information content (AvgIpc) is 2.71. The van der Waals surface area contributed by atoms with Gasteiger partial charge in [-0.1, -0.05) is 5.16 Å². The van der Waals surface area contributed by atoms with Crippen molar-refractivity contribution in [3.8, 4) is 22.9 Å². The smallest absolute Gasteiger partial charge is 0.255 e. The molecule has 1 heterocycles. The zero-order valence-corrected chi connectivity index (χ0v) is 8.12. The van der Waals surface area contributed by atoms with E-state index in [0.29, 0.717) is 5.56 Å². The van der Waals surface area contributed by atoms with Gasteiger partial charge >= 0.3 is 0 Å². The summed E-state index contributed by atoms with van der Waals surface area (Å²) in [5.74, 6) is 4.90. The number of hydrogen-bond donors (Lipinski definition) is 3. The van der Waals surface area contributed by atoms with Gasteiger partial charge in [-0.05, 0) is 18.2 Å². The largest absolute Gasteiger partial charge is 0.504 e. The van der Waals surface area contributed by atoms with Crippen molar-refractivity contribution in [2.45, 2.75) is 6.61 Å². The Balaban J connectivity index is 2.31. The minimum Gasteiger partial charge on any atom is -0.504 e. The van der Waals surface area contributed by atoms with Crippen LogP contribution in [-0.2, 0) is 11.4 Å². The molecule has 0 atom stereocenters. The number of hydrogen-bond acceptors (Lipinski definition) is 7. The van der Waals surface area contributed by atoms with Crippen LogP contribution in [0.3, 0.4) is 0 Å². The molecule has 16 heavy (non-hydrogen) atoms. The number of nitrogens with two attached hydrogens (primary N) is 1. The lowest BCUT2D eigenvalue weighted by atomic mass is 10.2. The van der Waals surface area contributed by atoms with Crippen LogP contribution in [-0.4, -0.2) is 20.4 Å². The molecule has 1 aromatic carbocycles. The van der Waals surface area contributed by atoms with E-state index in [1.807, 2.05) is 0 Å². The minimum absolute atomic E-state index is 0.0110. The lowest BCUT2D eigenvalue weighted by Crippen LogP contribution is -1.98. The number of phenolic OH excluding ortho intramolecular Hbond substituents is 2. The van der Waals surface area contributed by atoms with Gasteiger partial charge in [0.15, 0.2) is 11.5 Å². The molecule has 4 N–H and O–H groups in total. The Bertz CT molecular complexity index is 497. The van der Waals surface area contributed by atoms with E-state index >= 15 is 0 Å². The Kier molecular flexibility index (Phi) is 2.71. The zero-order chi connectivity index (χ0) is 11.5. The molecular formula is C9H9N3O4. The lowest BCUT2D eigenvalue weighted by Gasteiger charge is -1.98. The molecule has 0 saturated carbocycles. The molecule has 1 aromatic heterocycles. The summed E-state index contributed by atoms with van der Waals surface area (Å²) in [7, 11) is 0. The van der Waals surface area contributed by atoms with E-state index in [2.05, 4.69) is 15.0 Å². The van der Waals surface area contributed by atoms with Gasteiger partial charge in [0.25, 0.3) is 5.89 Å². The second kappa shape index (κ2) is 4.17. The van der Waals surface area contributed by atoms with Crippen molar-refractivity contribution >= 4 is 0 Å². The fourth-order valence-electron chi connectivity index (χ4n) is 1.16. The van der Waals surface area contributed by atoms with Crippen molar-refractivity contribution in [1.29, 1.82) is 0 Å². The van der Waals surface area contributed by atoms with Crippen LogP contribution in [0.1, 0.15) is 5.89 Å². The van der Waals surface area contributed by atoms with Crippen molar-refractivity contribution < 1.29 is 19.6 Å². The molecule has 0 spiro atoms. The van der Waals surface area contributed by atoms with E-state index in [9.17, 15) is 5.11 Å². The molecule has 2 rings (SSSR count). The summed E-state index contributed by atoms with van der Waals surface area (Å²) in [5, 5.41) is 22.1. The van der Waals surface area contributed by atoms with E-state index in [-0.39, 0.29) is 29.8 Å². The first-order valence-corrected chi connectivity index (χ1v) is 4.37. The predicted octanol–water partition coefficient (Wildman–Crippen LogP) is 0.538. The first kappa shape index (κ1) is 10.4. The van der Waals surface area contributed by atoms with E-state index in [4.69, 9.17) is 15.5 Å². The maximum atomic E-state index is 9.29. The normalized spacial score (nSPS) is 10.6. The number of rotatable bonds is 3. The third-order valence-electron chi connectivity index (χ3n) is 1.91. The highest BCUT2D eigenvalue weighted by Gasteiger charge is 2.10. The summed E-state index contributed by atoms with van der Waals surface area (Å²) in [4.78, 5) is 8.30. The molecule has 0 fully saturated rings. The molecular weight excluding hydrogens is 214 g/mol. The summed E-state index contributed by atoms with van der Waals surface area (Å²) in [6.07, 6.45) is 0. The summed E-state index contributed by atoms with van der Waals surface area (Å²) >= 11 is 0. The Morgan fingerprint density at radius 2 is 2.12 bits per heavy atom. The van der Waals surface area contributed by atoms with Crippen LogP contribution in [0, 0.1) is 0 Å². The van der Waals surface area contributed by atoms with Gasteiger partial charge in [-0.2, -0.15) is 4.98 Å². The molecule has 0 saturated heterocycles. The molecule has 0 aliphatic rings. The number of aromatic hydroxyl groups is 2. The van der Waals surface area contributed by atoms with Gasteiger partial charge in [-0.25, -0.2) is 5.90 Å². The van der Waals surface area contributed by atoms with Crippen LogP contribution in [0.5, 0.6) is 11.5 Å². The molecule has 0 unspecified atom stereocenters. The van der Waals surface area contributed by atoms with Gasteiger partial charge in [0.1, 0.15) is 6.61 Å². The highest BCUT2D eigenvalue weighted by atomic mass is 16.6. The van der Waals surface area contributed by atoms with Crippen molar-refractivity contribution in [2.75, 3.05) is 0 Å². The van der Waals surface area contributed by atoms with Gasteiger partial charge in [0, 0.05) is 5.56 Å². The Morgan fingerprint density at radius 1 is 1.31 bits per heavy atom. The summed E-state index contributed by atoms with van der Waals surface area (Å²) in [5.41, 5.74) is 0.516. The maximum Gasteiger partial charge on any atom is 0.255 e. The number of phenols is 2. The van der Waals surface area contributed by atoms with Crippen LogP contribution in [0.4, 0.5) is 0 Å². The van der Waals surface area contributed by atoms with Crippen LogP contribution in [0.25, 0.3) is 11.4 Å². The SMILES string of the molecule is NOCc1nc(-c2ccc(O)c(O)c2)no1. The van der Waals surface area contributed by atoms with Gasteiger partial charge in [-0.3, -0.25) is 4.84 Å². The fraction of sp³-hybridized carbons (Fsp3) is 0.111. The summed E-state index contributed by atoms with van der Waals surface area (Å²) in [6, 6.07) is 4.21. The van der Waals surface area contributed by atoms with Gasteiger partial charge in [0.05, 0.1) is 0 Å². The molecule has 7 heteroatoms. The standard InChI is InChI=1S/C9H9N3O4/c10-15-4-8-11-9(12-16-8)5-1-2-6(13)7(14)3-5/h1-3,13-14H,4,10H2. The molecule has 7 nitrogen and oxygen atoms in total. The first-order valence-electron chi connectivity index (χ1n) is 4.37. The van der Waals surface area contributed by atoms with Crippen molar-refractivity contribution in [3.63, 3.8) is 0 Å². The maximum absolute atomic E-state index is 9.29. The van der Waals surface area contributed by atoms with E-state index in [1.165, 1.54) is 12.1 Å². The molecule has 2 aromatic rings. The lowest BCUT2D eigenvalue weighted by molar-refractivity contribution is 0.0996. The van der Waals surface area contributed by atoms with Crippen LogP contribution in [0.15, 0.2) is 22.7 Å². The van der Waals surface area contributed by atoms with Crippen molar-refractivity contribution in [1.82, 2.24) is 10.1 Å². The van der Waals surface area contributed by atoms with Crippen molar-refractivity contribution in [3.05, 3.63) is 24.1 Å². The molecule has 0 amide bonds. The Morgan fingerprint density at radius 3 is 2.81 bits per heavy atom. The highest BCUT2D eigenvalue weighted by Crippen LogP contribution is 2.29. The fourth-order valence-corrected chi connectivity index (χ4v) is 1.16. The van der Waals surface area contributed by atoms with Gasteiger partial charge in [0.2, 0.25) is 5.82 Å². The van der Waals surface area contributed by atoms with E-state index in [1.54, 1.807) is 6.07 Å². The average molecular weight is 223 g/mol. The molecule has 84 valence electrons. The molecule has 0 aliphatic heterocycles. The first-order chi connectivity index (χ1) is 7.70. The molecule has 0 radical (unpaired) electrons. The van der Waals surface area contributed by atoms with Crippen LogP contribution in [0.2, 0.25) is 0 Å². The molecule has 0 bridgehead atoms. The second-order valence-electron chi connectivity index (χ2n) is 3.03. The Hall–Kier alpha value is -2.12. The topological polar surface area (TPSA) is 115 Å². The van der Waals surface area contributed by atoms with E-state index in [0.717, 1.165) is 0 Å². The Labute approximate surface area is 90.0 Å². The van der Waals surface area contributed by atoms with Crippen molar-refractivity contribution in [2.24, 2.45) is 5.90 Å². The third kappa shape index (κ3) is 1.95. The summed E-state index contributed by atoms with van der Waals surface area (Å²) < 4.78 is 4.82. The summed E-state index contributed by atoms with van der Waals surface area (Å²) in [6.45, 7) is 0.0110. The minimum atomic E-state index is -0.251. The zero-order valence-electron chi connectivity index (χ0n) is 8.12. The number of benzene rings is 1. The van der Waals surface area contributed by atoms with Crippen LogP contribution >= 0.6 is 0 Å². The second-order valence-corrected chi connectivity index (χ2v) is 3.03. The highest BCUT2D eigenvalue weighted by molar-refractivity contribution is 5.59. The monoisotopic (exact) mass is 223 g/mol. The van der Waals surface area contributed by atoms with E-state index < -0.39 is 0 Å². The quantitative estimate of drug-likeness (QED) is 0.513. The molecule has 0 aliphatic carbocycles.